The van der Waals surface area contributed by atoms with Crippen LogP contribution in [0.15, 0.2) is 42.5 Å². The first-order chi connectivity index (χ1) is 13.0. The monoisotopic (exact) mass is 367 g/mol. The highest BCUT2D eigenvalue weighted by molar-refractivity contribution is 5.80. The number of amides is 1. The zero-order valence-corrected chi connectivity index (χ0v) is 16.5. The summed E-state index contributed by atoms with van der Waals surface area (Å²) in [6.45, 7) is 6.28. The molecule has 144 valence electrons. The summed E-state index contributed by atoms with van der Waals surface area (Å²) in [5.74, 6) is 1.58. The van der Waals surface area contributed by atoms with Gasteiger partial charge < -0.3 is 14.8 Å². The summed E-state index contributed by atoms with van der Waals surface area (Å²) in [5, 5.41) is 2.95. The largest absolute Gasteiger partial charge is 0.491 e. The van der Waals surface area contributed by atoms with Crippen molar-refractivity contribution in [2.75, 3.05) is 0 Å². The summed E-state index contributed by atoms with van der Waals surface area (Å²) in [4.78, 5) is 12.4. The van der Waals surface area contributed by atoms with E-state index in [1.165, 1.54) is 24.0 Å². The van der Waals surface area contributed by atoms with E-state index < -0.39 is 6.10 Å². The van der Waals surface area contributed by atoms with Gasteiger partial charge in [0, 0.05) is 6.54 Å². The van der Waals surface area contributed by atoms with Gasteiger partial charge in [-0.25, -0.2) is 0 Å². The summed E-state index contributed by atoms with van der Waals surface area (Å²) in [6, 6.07) is 14.0. The van der Waals surface area contributed by atoms with Crippen LogP contribution in [0.25, 0.3) is 0 Å². The van der Waals surface area contributed by atoms with Crippen LogP contribution in [0.2, 0.25) is 0 Å². The summed E-state index contributed by atoms with van der Waals surface area (Å²) in [5.41, 5.74) is 3.66. The number of fused-ring (bicyclic) bond motifs is 1. The minimum atomic E-state index is -0.526. The van der Waals surface area contributed by atoms with E-state index >= 15 is 0 Å². The Hall–Kier alpha value is -2.49. The molecule has 4 heteroatoms. The summed E-state index contributed by atoms with van der Waals surface area (Å²) < 4.78 is 11.6. The van der Waals surface area contributed by atoms with Gasteiger partial charge in [-0.15, -0.1) is 0 Å². The Bertz CT molecular complexity index is 768. The second-order valence-corrected chi connectivity index (χ2v) is 7.39. The van der Waals surface area contributed by atoms with E-state index in [-0.39, 0.29) is 12.0 Å². The first-order valence-corrected chi connectivity index (χ1v) is 9.83. The Morgan fingerprint density at radius 3 is 2.48 bits per heavy atom. The molecule has 0 saturated carbocycles. The van der Waals surface area contributed by atoms with Gasteiger partial charge in [0.1, 0.15) is 11.5 Å². The topological polar surface area (TPSA) is 47.6 Å². The smallest absolute Gasteiger partial charge is 0.261 e. The summed E-state index contributed by atoms with van der Waals surface area (Å²) in [7, 11) is 0. The molecule has 2 aromatic carbocycles. The minimum absolute atomic E-state index is 0.106. The van der Waals surface area contributed by atoms with Crippen molar-refractivity contribution in [3.63, 3.8) is 0 Å². The van der Waals surface area contributed by atoms with Gasteiger partial charge in [0.2, 0.25) is 0 Å². The molecule has 27 heavy (non-hydrogen) atoms. The van der Waals surface area contributed by atoms with E-state index in [1.54, 1.807) is 6.92 Å². The SMILES string of the molecule is CC(C)Oc1ccc(CNC(=O)[C@H](C)Oc2cccc3c2CCCC3)cc1. The average Bonchev–Trinajstić information content (AvgIpc) is 2.67. The summed E-state index contributed by atoms with van der Waals surface area (Å²) in [6.07, 6.45) is 4.17. The van der Waals surface area contributed by atoms with Crippen LogP contribution in [-0.2, 0) is 24.2 Å². The molecule has 0 unspecified atom stereocenters. The molecule has 0 aliphatic heterocycles. The first-order valence-electron chi connectivity index (χ1n) is 9.83. The van der Waals surface area contributed by atoms with Crippen molar-refractivity contribution in [3.05, 3.63) is 59.2 Å². The first kappa shape index (κ1) is 19.3. The maximum absolute atomic E-state index is 12.4. The van der Waals surface area contributed by atoms with Crippen LogP contribution in [0, 0.1) is 0 Å². The number of aryl methyl sites for hydroxylation is 1. The van der Waals surface area contributed by atoms with Crippen LogP contribution in [-0.4, -0.2) is 18.1 Å². The van der Waals surface area contributed by atoms with Crippen LogP contribution in [0.1, 0.15) is 50.3 Å². The van der Waals surface area contributed by atoms with Gasteiger partial charge in [-0.05, 0) is 81.3 Å². The van der Waals surface area contributed by atoms with Gasteiger partial charge in [0.15, 0.2) is 6.10 Å². The van der Waals surface area contributed by atoms with Crippen LogP contribution in [0.3, 0.4) is 0 Å². The average molecular weight is 367 g/mol. The normalized spacial score (nSPS) is 14.4. The number of carbonyl (C=O) groups excluding carboxylic acids is 1. The molecule has 0 bridgehead atoms. The maximum Gasteiger partial charge on any atom is 0.261 e. The number of nitrogens with one attached hydrogen (secondary N) is 1. The van der Waals surface area contributed by atoms with Crippen LogP contribution < -0.4 is 14.8 Å². The van der Waals surface area contributed by atoms with Crippen LogP contribution in [0.4, 0.5) is 0 Å². The molecule has 0 fully saturated rings. The minimum Gasteiger partial charge on any atom is -0.491 e. The van der Waals surface area contributed by atoms with Crippen molar-refractivity contribution in [3.8, 4) is 11.5 Å². The lowest BCUT2D eigenvalue weighted by atomic mass is 9.91. The molecule has 3 rings (SSSR count). The van der Waals surface area contributed by atoms with E-state index in [2.05, 4.69) is 11.4 Å². The molecule has 1 amide bonds. The Balaban J connectivity index is 1.54. The zero-order chi connectivity index (χ0) is 19.2. The lowest BCUT2D eigenvalue weighted by molar-refractivity contribution is -0.127. The van der Waals surface area contributed by atoms with Crippen molar-refractivity contribution in [1.82, 2.24) is 5.32 Å². The van der Waals surface area contributed by atoms with Gasteiger partial charge in [0.25, 0.3) is 5.91 Å². The molecule has 1 atom stereocenters. The molecular formula is C23H29NO3. The fourth-order valence-electron chi connectivity index (χ4n) is 3.39. The fraction of sp³-hybridized carbons (Fsp3) is 0.435. The predicted octanol–water partition coefficient (Wildman–Crippen LogP) is 4.44. The molecule has 0 saturated heterocycles. The molecule has 0 radical (unpaired) electrons. The molecule has 4 nitrogen and oxygen atoms in total. The van der Waals surface area contributed by atoms with E-state index in [4.69, 9.17) is 9.47 Å². The van der Waals surface area contributed by atoms with Crippen LogP contribution >= 0.6 is 0 Å². The number of hydrogen-bond donors (Lipinski definition) is 1. The van der Waals surface area contributed by atoms with Crippen molar-refractivity contribution in [1.29, 1.82) is 0 Å². The Labute approximate surface area is 161 Å². The molecule has 1 aliphatic carbocycles. The second kappa shape index (κ2) is 8.94. The Kier molecular flexibility index (Phi) is 6.38. The third-order valence-electron chi connectivity index (χ3n) is 4.79. The number of carbonyl (C=O) groups is 1. The molecule has 0 heterocycles. The molecule has 1 aliphatic rings. The number of ether oxygens (including phenoxy) is 2. The Morgan fingerprint density at radius 2 is 1.74 bits per heavy atom. The van der Waals surface area contributed by atoms with Crippen molar-refractivity contribution >= 4 is 5.91 Å². The molecule has 0 spiro atoms. The Morgan fingerprint density at radius 1 is 1.00 bits per heavy atom. The fourth-order valence-corrected chi connectivity index (χ4v) is 3.39. The van der Waals surface area contributed by atoms with Gasteiger partial charge >= 0.3 is 0 Å². The number of benzene rings is 2. The molecular weight excluding hydrogens is 338 g/mol. The third-order valence-corrected chi connectivity index (χ3v) is 4.79. The van der Waals surface area contributed by atoms with Gasteiger partial charge in [-0.3, -0.25) is 4.79 Å². The van der Waals surface area contributed by atoms with E-state index in [9.17, 15) is 4.79 Å². The van der Waals surface area contributed by atoms with Crippen molar-refractivity contribution in [2.45, 2.75) is 65.2 Å². The number of hydrogen-bond acceptors (Lipinski definition) is 3. The number of rotatable bonds is 7. The van der Waals surface area contributed by atoms with E-state index in [1.807, 2.05) is 50.2 Å². The quantitative estimate of drug-likeness (QED) is 0.787. The predicted molar refractivity (Wildman–Crippen MR) is 107 cm³/mol. The summed E-state index contributed by atoms with van der Waals surface area (Å²) >= 11 is 0. The van der Waals surface area contributed by atoms with E-state index in [0.717, 1.165) is 29.9 Å². The highest BCUT2D eigenvalue weighted by atomic mass is 16.5. The van der Waals surface area contributed by atoms with Gasteiger partial charge in [0.05, 0.1) is 6.10 Å². The molecule has 0 aromatic heterocycles. The lowest BCUT2D eigenvalue weighted by Crippen LogP contribution is -2.36. The zero-order valence-electron chi connectivity index (χ0n) is 16.5. The molecule has 1 N–H and O–H groups in total. The lowest BCUT2D eigenvalue weighted by Gasteiger charge is -2.22. The van der Waals surface area contributed by atoms with Gasteiger partial charge in [-0.2, -0.15) is 0 Å². The third kappa shape index (κ3) is 5.25. The van der Waals surface area contributed by atoms with Crippen molar-refractivity contribution < 1.29 is 14.3 Å². The van der Waals surface area contributed by atoms with E-state index in [0.29, 0.717) is 6.54 Å². The second-order valence-electron chi connectivity index (χ2n) is 7.39. The van der Waals surface area contributed by atoms with Gasteiger partial charge in [-0.1, -0.05) is 24.3 Å². The molecule has 2 aromatic rings. The van der Waals surface area contributed by atoms with Crippen molar-refractivity contribution in [2.24, 2.45) is 0 Å². The maximum atomic E-state index is 12.4. The standard InChI is InChI=1S/C23H29NO3/c1-16(2)26-20-13-11-18(12-14-20)15-24-23(25)17(3)27-22-10-6-8-19-7-4-5-9-21(19)22/h6,8,10-14,16-17H,4-5,7,9,15H2,1-3H3,(H,24,25)/t17-/m0/s1. The highest BCUT2D eigenvalue weighted by Crippen LogP contribution is 2.30. The van der Waals surface area contributed by atoms with Crippen LogP contribution in [0.5, 0.6) is 11.5 Å². The highest BCUT2D eigenvalue weighted by Gasteiger charge is 2.19.